The molecule has 0 aromatic heterocycles. The number of amides is 1. The standard InChI is InChI=1S/C18H29N3O3/c1-5-23-16-12-14(19)11-15(13-16)20-7-6-8-21(10-9-20)17(22)24-18(2,3)4/h11-13H,5-10,19H2,1-4H3. The minimum Gasteiger partial charge on any atom is -0.494 e. The van der Waals surface area contributed by atoms with Crippen molar-refractivity contribution >= 4 is 17.5 Å². The fourth-order valence-corrected chi connectivity index (χ4v) is 2.72. The number of rotatable bonds is 3. The van der Waals surface area contributed by atoms with E-state index in [2.05, 4.69) is 4.90 Å². The number of benzene rings is 1. The quantitative estimate of drug-likeness (QED) is 0.860. The van der Waals surface area contributed by atoms with Crippen molar-refractivity contribution in [2.45, 2.75) is 39.7 Å². The van der Waals surface area contributed by atoms with Gasteiger partial charge < -0.3 is 25.0 Å². The second-order valence-electron chi connectivity index (χ2n) is 7.00. The molecule has 0 saturated carbocycles. The van der Waals surface area contributed by atoms with Crippen molar-refractivity contribution in [3.8, 4) is 5.75 Å². The molecule has 1 aromatic carbocycles. The van der Waals surface area contributed by atoms with Crippen LogP contribution in [0, 0.1) is 0 Å². The fraction of sp³-hybridized carbons (Fsp3) is 0.611. The number of carbonyl (C=O) groups is 1. The summed E-state index contributed by atoms with van der Waals surface area (Å²) >= 11 is 0. The summed E-state index contributed by atoms with van der Waals surface area (Å²) in [5.74, 6) is 0.778. The third-order valence-electron chi connectivity index (χ3n) is 3.74. The van der Waals surface area contributed by atoms with Gasteiger partial charge in [0.25, 0.3) is 0 Å². The maximum Gasteiger partial charge on any atom is 0.410 e. The number of nitrogen functional groups attached to an aromatic ring is 1. The van der Waals surface area contributed by atoms with Crippen molar-refractivity contribution in [2.24, 2.45) is 0 Å². The topological polar surface area (TPSA) is 68.0 Å². The van der Waals surface area contributed by atoms with Gasteiger partial charge in [-0.15, -0.1) is 0 Å². The molecular formula is C18H29N3O3. The Morgan fingerprint density at radius 1 is 1.17 bits per heavy atom. The summed E-state index contributed by atoms with van der Waals surface area (Å²) < 4.78 is 11.0. The van der Waals surface area contributed by atoms with Crippen molar-refractivity contribution in [1.29, 1.82) is 0 Å². The molecule has 1 aromatic rings. The highest BCUT2D eigenvalue weighted by Crippen LogP contribution is 2.26. The van der Waals surface area contributed by atoms with E-state index in [1.807, 2.05) is 45.9 Å². The Morgan fingerprint density at radius 3 is 2.58 bits per heavy atom. The molecule has 0 aliphatic carbocycles. The Hall–Kier alpha value is -2.11. The zero-order valence-electron chi connectivity index (χ0n) is 15.2. The van der Waals surface area contributed by atoms with Gasteiger partial charge in [-0.05, 0) is 40.2 Å². The van der Waals surface area contributed by atoms with Crippen LogP contribution < -0.4 is 15.4 Å². The van der Waals surface area contributed by atoms with Gasteiger partial charge in [0.2, 0.25) is 0 Å². The molecule has 1 fully saturated rings. The molecule has 1 saturated heterocycles. The average Bonchev–Trinajstić information content (AvgIpc) is 2.71. The van der Waals surface area contributed by atoms with Crippen molar-refractivity contribution < 1.29 is 14.3 Å². The molecule has 6 heteroatoms. The van der Waals surface area contributed by atoms with Crippen molar-refractivity contribution in [1.82, 2.24) is 4.90 Å². The maximum absolute atomic E-state index is 12.2. The molecule has 134 valence electrons. The number of hydrogen-bond acceptors (Lipinski definition) is 5. The molecule has 1 aliphatic heterocycles. The first-order valence-corrected chi connectivity index (χ1v) is 8.55. The van der Waals surface area contributed by atoms with Crippen LogP contribution >= 0.6 is 0 Å². The Balaban J connectivity index is 2.04. The SMILES string of the molecule is CCOc1cc(N)cc(N2CCCN(C(=O)OC(C)(C)C)CC2)c1. The Bertz CT molecular complexity index is 569. The van der Waals surface area contributed by atoms with Crippen LogP contribution in [0.1, 0.15) is 34.1 Å². The van der Waals surface area contributed by atoms with Crippen LogP contribution in [0.4, 0.5) is 16.2 Å². The molecule has 2 rings (SSSR count). The lowest BCUT2D eigenvalue weighted by molar-refractivity contribution is 0.0263. The Kier molecular flexibility index (Phi) is 5.80. The Labute approximate surface area is 144 Å². The van der Waals surface area contributed by atoms with Gasteiger partial charge in [-0.3, -0.25) is 0 Å². The van der Waals surface area contributed by atoms with E-state index >= 15 is 0 Å². The molecule has 6 nitrogen and oxygen atoms in total. The van der Waals surface area contributed by atoms with Crippen LogP contribution in [0.2, 0.25) is 0 Å². The third-order valence-corrected chi connectivity index (χ3v) is 3.74. The van der Waals surface area contributed by atoms with E-state index in [4.69, 9.17) is 15.2 Å². The second-order valence-corrected chi connectivity index (χ2v) is 7.00. The summed E-state index contributed by atoms with van der Waals surface area (Å²) in [4.78, 5) is 16.3. The van der Waals surface area contributed by atoms with E-state index in [0.29, 0.717) is 25.4 Å². The van der Waals surface area contributed by atoms with Gasteiger partial charge in [-0.1, -0.05) is 0 Å². The lowest BCUT2D eigenvalue weighted by Crippen LogP contribution is -2.39. The first-order chi connectivity index (χ1) is 11.3. The van der Waals surface area contributed by atoms with Gasteiger partial charge in [-0.25, -0.2) is 4.79 Å². The largest absolute Gasteiger partial charge is 0.494 e. The molecule has 2 N–H and O–H groups in total. The van der Waals surface area contributed by atoms with Gasteiger partial charge in [-0.2, -0.15) is 0 Å². The number of nitrogens with two attached hydrogens (primary N) is 1. The van der Waals surface area contributed by atoms with Crippen molar-refractivity contribution in [2.75, 3.05) is 43.4 Å². The molecule has 1 heterocycles. The predicted octanol–water partition coefficient (Wildman–Crippen LogP) is 3.11. The fourth-order valence-electron chi connectivity index (χ4n) is 2.72. The van der Waals surface area contributed by atoms with Crippen molar-refractivity contribution in [3.63, 3.8) is 0 Å². The minimum absolute atomic E-state index is 0.244. The monoisotopic (exact) mass is 335 g/mol. The van der Waals surface area contributed by atoms with Gasteiger partial charge in [0.15, 0.2) is 0 Å². The lowest BCUT2D eigenvalue weighted by Gasteiger charge is -2.27. The zero-order chi connectivity index (χ0) is 17.7. The number of carbonyl (C=O) groups excluding carboxylic acids is 1. The summed E-state index contributed by atoms with van der Waals surface area (Å²) in [6.45, 7) is 11.2. The molecule has 0 atom stereocenters. The van der Waals surface area contributed by atoms with E-state index in [9.17, 15) is 4.79 Å². The summed E-state index contributed by atoms with van der Waals surface area (Å²) in [7, 11) is 0. The highest BCUT2D eigenvalue weighted by molar-refractivity contribution is 5.68. The smallest absolute Gasteiger partial charge is 0.410 e. The number of anilines is 2. The van der Waals surface area contributed by atoms with E-state index in [0.717, 1.165) is 30.9 Å². The summed E-state index contributed by atoms with van der Waals surface area (Å²) in [5, 5.41) is 0. The maximum atomic E-state index is 12.2. The molecule has 1 amide bonds. The van der Waals surface area contributed by atoms with Gasteiger partial charge in [0.1, 0.15) is 11.4 Å². The number of nitrogens with zero attached hydrogens (tertiary/aromatic N) is 2. The molecule has 0 unspecified atom stereocenters. The normalized spacial score (nSPS) is 15.8. The minimum atomic E-state index is -0.469. The Morgan fingerprint density at radius 2 is 1.92 bits per heavy atom. The first kappa shape index (κ1) is 18.2. The third kappa shape index (κ3) is 5.22. The second kappa shape index (κ2) is 7.64. The van der Waals surface area contributed by atoms with Crippen LogP contribution in [0.15, 0.2) is 18.2 Å². The molecule has 0 radical (unpaired) electrons. The summed E-state index contributed by atoms with van der Waals surface area (Å²) in [6.07, 6.45) is 0.643. The van der Waals surface area contributed by atoms with E-state index in [1.54, 1.807) is 4.90 Å². The van der Waals surface area contributed by atoms with Crippen LogP contribution in [-0.4, -0.2) is 49.4 Å². The van der Waals surface area contributed by atoms with Crippen LogP contribution in [-0.2, 0) is 4.74 Å². The lowest BCUT2D eigenvalue weighted by atomic mass is 10.2. The number of hydrogen-bond donors (Lipinski definition) is 1. The van der Waals surface area contributed by atoms with Gasteiger partial charge in [0, 0.05) is 49.7 Å². The van der Waals surface area contributed by atoms with E-state index in [-0.39, 0.29) is 6.09 Å². The van der Waals surface area contributed by atoms with E-state index < -0.39 is 5.60 Å². The predicted molar refractivity (Wildman–Crippen MR) is 96.7 cm³/mol. The highest BCUT2D eigenvalue weighted by Gasteiger charge is 2.24. The molecule has 24 heavy (non-hydrogen) atoms. The summed E-state index contributed by atoms with van der Waals surface area (Å²) in [6, 6.07) is 5.78. The van der Waals surface area contributed by atoms with Crippen molar-refractivity contribution in [3.05, 3.63) is 18.2 Å². The van der Waals surface area contributed by atoms with Crippen LogP contribution in [0.5, 0.6) is 5.75 Å². The highest BCUT2D eigenvalue weighted by atomic mass is 16.6. The van der Waals surface area contributed by atoms with Gasteiger partial charge >= 0.3 is 6.09 Å². The van der Waals surface area contributed by atoms with E-state index in [1.165, 1.54) is 0 Å². The molecule has 0 bridgehead atoms. The van der Waals surface area contributed by atoms with Crippen LogP contribution in [0.3, 0.4) is 0 Å². The zero-order valence-corrected chi connectivity index (χ0v) is 15.2. The molecular weight excluding hydrogens is 306 g/mol. The molecule has 0 spiro atoms. The van der Waals surface area contributed by atoms with Gasteiger partial charge in [0.05, 0.1) is 6.61 Å². The van der Waals surface area contributed by atoms with Crippen LogP contribution in [0.25, 0.3) is 0 Å². The molecule has 1 aliphatic rings. The first-order valence-electron chi connectivity index (χ1n) is 8.55. The average molecular weight is 335 g/mol. The number of ether oxygens (including phenoxy) is 2. The summed E-state index contributed by atoms with van der Waals surface area (Å²) in [5.41, 5.74) is 7.24.